The largest absolute Gasteiger partial charge is 0.394 e. The van der Waals surface area contributed by atoms with Crippen molar-refractivity contribution in [1.82, 2.24) is 4.90 Å². The molecule has 0 aliphatic rings. The van der Waals surface area contributed by atoms with Crippen LogP contribution < -0.4 is 4.31 Å². The summed E-state index contributed by atoms with van der Waals surface area (Å²) in [5.74, 6) is 0. The molecule has 0 atom stereocenters. The summed E-state index contributed by atoms with van der Waals surface area (Å²) in [7, 11) is 2.11. The Morgan fingerprint density at radius 2 is 1.63 bits per heavy atom. The lowest BCUT2D eigenvalue weighted by Gasteiger charge is -2.26. The molecule has 3 nitrogen and oxygen atoms in total. The molecule has 0 unspecified atom stereocenters. The van der Waals surface area contributed by atoms with Gasteiger partial charge in [0.05, 0.1) is 18.8 Å². The number of nitrogens with zero attached hydrogens (tertiary/aromatic N) is 2. The summed E-state index contributed by atoms with van der Waals surface area (Å²) in [6.07, 6.45) is 4.28. The van der Waals surface area contributed by atoms with Crippen molar-refractivity contribution < 1.29 is 5.11 Å². The number of halogens is 1. The molecule has 0 fully saturated rings. The van der Waals surface area contributed by atoms with Gasteiger partial charge in [0.2, 0.25) is 0 Å². The standard InChI is InChI=1S/C25H27ClN2OS/c1-27(17-7-8-21-13-15-23(26)16-14-21)20-22-9-5-6-12-25(22)28(18-19-29)30-24-10-3-2-4-11-24/h2-16,29H,17-20H2,1H3/b8-7+. The van der Waals surface area contributed by atoms with Crippen LogP contribution in [0.3, 0.4) is 0 Å². The second-order valence-corrected chi connectivity index (χ2v) is 8.54. The normalized spacial score (nSPS) is 11.3. The first-order valence-electron chi connectivity index (χ1n) is 9.95. The monoisotopic (exact) mass is 438 g/mol. The van der Waals surface area contributed by atoms with Crippen LogP contribution in [0.1, 0.15) is 11.1 Å². The summed E-state index contributed by atoms with van der Waals surface area (Å²) >= 11 is 7.60. The van der Waals surface area contributed by atoms with E-state index in [0.29, 0.717) is 6.54 Å². The first-order chi connectivity index (χ1) is 14.7. The molecule has 5 heteroatoms. The number of aliphatic hydroxyl groups excluding tert-OH is 1. The van der Waals surface area contributed by atoms with Crippen molar-refractivity contribution in [3.63, 3.8) is 0 Å². The number of likely N-dealkylation sites (N-methyl/N-ethyl adjacent to an activating group) is 1. The van der Waals surface area contributed by atoms with Gasteiger partial charge in [-0.25, -0.2) is 0 Å². The first kappa shape index (κ1) is 22.4. The highest BCUT2D eigenvalue weighted by Crippen LogP contribution is 2.31. The van der Waals surface area contributed by atoms with E-state index < -0.39 is 0 Å². The zero-order valence-electron chi connectivity index (χ0n) is 17.1. The lowest BCUT2D eigenvalue weighted by molar-refractivity contribution is 0.307. The highest BCUT2D eigenvalue weighted by molar-refractivity contribution is 8.00. The molecule has 0 spiro atoms. The molecule has 0 radical (unpaired) electrons. The van der Waals surface area contributed by atoms with Crippen LogP contribution in [0.4, 0.5) is 5.69 Å². The lowest BCUT2D eigenvalue weighted by Crippen LogP contribution is -2.23. The molecule has 0 amide bonds. The minimum Gasteiger partial charge on any atom is -0.394 e. The second kappa shape index (κ2) is 11.8. The summed E-state index contributed by atoms with van der Waals surface area (Å²) < 4.78 is 2.17. The molecule has 0 bridgehead atoms. The van der Waals surface area contributed by atoms with E-state index in [4.69, 9.17) is 11.6 Å². The maximum Gasteiger partial charge on any atom is 0.0617 e. The van der Waals surface area contributed by atoms with E-state index in [1.807, 2.05) is 42.5 Å². The van der Waals surface area contributed by atoms with Gasteiger partial charge in [0.1, 0.15) is 0 Å². The highest BCUT2D eigenvalue weighted by atomic mass is 35.5. The van der Waals surface area contributed by atoms with Gasteiger partial charge in [-0.1, -0.05) is 72.3 Å². The van der Waals surface area contributed by atoms with Crippen molar-refractivity contribution in [2.45, 2.75) is 11.4 Å². The fourth-order valence-electron chi connectivity index (χ4n) is 3.10. The van der Waals surface area contributed by atoms with Crippen LogP contribution in [-0.4, -0.2) is 36.8 Å². The number of hydrogen-bond acceptors (Lipinski definition) is 4. The van der Waals surface area contributed by atoms with E-state index in [9.17, 15) is 5.11 Å². The molecule has 156 valence electrons. The SMILES string of the molecule is CN(C/C=C/c1ccc(Cl)cc1)Cc1ccccc1N(CCO)Sc1ccccc1. The first-order valence-corrected chi connectivity index (χ1v) is 11.1. The maximum atomic E-state index is 9.61. The van der Waals surface area contributed by atoms with Gasteiger partial charge in [-0.3, -0.25) is 4.90 Å². The third-order valence-corrected chi connectivity index (χ3v) is 5.89. The summed E-state index contributed by atoms with van der Waals surface area (Å²) in [6.45, 7) is 2.33. The maximum absolute atomic E-state index is 9.61. The van der Waals surface area contributed by atoms with E-state index in [1.165, 1.54) is 5.56 Å². The van der Waals surface area contributed by atoms with E-state index in [-0.39, 0.29) is 6.61 Å². The minimum absolute atomic E-state index is 0.105. The summed E-state index contributed by atoms with van der Waals surface area (Å²) in [6, 6.07) is 26.5. The molecular weight excluding hydrogens is 412 g/mol. The van der Waals surface area contributed by atoms with Crippen LogP contribution in [0.25, 0.3) is 6.08 Å². The average molecular weight is 439 g/mol. The molecule has 3 aromatic rings. The van der Waals surface area contributed by atoms with Crippen LogP contribution in [0.2, 0.25) is 5.02 Å². The Morgan fingerprint density at radius 3 is 2.37 bits per heavy atom. The van der Waals surface area contributed by atoms with Gasteiger partial charge >= 0.3 is 0 Å². The van der Waals surface area contributed by atoms with Crippen LogP contribution in [0.5, 0.6) is 0 Å². The number of benzene rings is 3. The van der Waals surface area contributed by atoms with Gasteiger partial charge < -0.3 is 9.41 Å². The van der Waals surface area contributed by atoms with Crippen LogP contribution in [0, 0.1) is 0 Å². The van der Waals surface area contributed by atoms with Crippen LogP contribution in [-0.2, 0) is 6.54 Å². The Hall–Kier alpha value is -2.24. The van der Waals surface area contributed by atoms with Crippen LogP contribution in [0.15, 0.2) is 89.8 Å². The molecule has 0 aliphatic heterocycles. The fourth-order valence-corrected chi connectivity index (χ4v) is 4.21. The highest BCUT2D eigenvalue weighted by Gasteiger charge is 2.13. The van der Waals surface area contributed by atoms with E-state index in [1.54, 1.807) is 11.9 Å². The van der Waals surface area contributed by atoms with Gasteiger partial charge in [0.25, 0.3) is 0 Å². The smallest absolute Gasteiger partial charge is 0.0617 e. The topological polar surface area (TPSA) is 26.7 Å². The van der Waals surface area contributed by atoms with E-state index >= 15 is 0 Å². The molecule has 0 saturated heterocycles. The molecule has 0 aliphatic carbocycles. The molecular formula is C25H27ClN2OS. The van der Waals surface area contributed by atoms with E-state index in [2.05, 4.69) is 64.8 Å². The average Bonchev–Trinajstić information content (AvgIpc) is 2.76. The molecule has 0 heterocycles. The van der Waals surface area contributed by atoms with Crippen molar-refractivity contribution in [1.29, 1.82) is 0 Å². The molecule has 0 aromatic heterocycles. The summed E-state index contributed by atoms with van der Waals surface area (Å²) in [5, 5.41) is 10.4. The number of hydrogen-bond donors (Lipinski definition) is 1. The summed E-state index contributed by atoms with van der Waals surface area (Å²) in [4.78, 5) is 3.43. The quantitative estimate of drug-likeness (QED) is 0.393. The number of rotatable bonds is 10. The van der Waals surface area contributed by atoms with Gasteiger partial charge in [0.15, 0.2) is 0 Å². The molecule has 1 N–H and O–H groups in total. The number of para-hydroxylation sites is 1. The molecule has 3 rings (SSSR count). The Balaban J connectivity index is 1.67. The van der Waals surface area contributed by atoms with Crippen LogP contribution >= 0.6 is 23.5 Å². The van der Waals surface area contributed by atoms with E-state index in [0.717, 1.165) is 34.3 Å². The zero-order chi connectivity index (χ0) is 21.2. The predicted octanol–water partition coefficient (Wildman–Crippen LogP) is 5.99. The minimum atomic E-state index is 0.105. The molecule has 30 heavy (non-hydrogen) atoms. The second-order valence-electron chi connectivity index (χ2n) is 7.01. The van der Waals surface area contributed by atoms with Crippen molar-refractivity contribution in [2.24, 2.45) is 0 Å². The zero-order valence-corrected chi connectivity index (χ0v) is 18.7. The molecule has 0 saturated carbocycles. The Labute approximate surface area is 188 Å². The number of anilines is 1. The van der Waals surface area contributed by atoms with Gasteiger partial charge in [-0.15, -0.1) is 0 Å². The lowest BCUT2D eigenvalue weighted by atomic mass is 10.1. The Morgan fingerprint density at radius 1 is 0.933 bits per heavy atom. The van der Waals surface area contributed by atoms with Crippen molar-refractivity contribution in [2.75, 3.05) is 31.0 Å². The van der Waals surface area contributed by atoms with Gasteiger partial charge in [-0.2, -0.15) is 0 Å². The molecule has 3 aromatic carbocycles. The number of aliphatic hydroxyl groups is 1. The van der Waals surface area contributed by atoms with Crippen molar-refractivity contribution >= 4 is 35.3 Å². The van der Waals surface area contributed by atoms with Gasteiger partial charge in [0, 0.05) is 23.0 Å². The van der Waals surface area contributed by atoms with Gasteiger partial charge in [-0.05, 0) is 60.5 Å². The Kier molecular flexibility index (Phi) is 8.84. The van der Waals surface area contributed by atoms with Crippen molar-refractivity contribution in [3.05, 3.63) is 101 Å². The predicted molar refractivity (Wildman–Crippen MR) is 130 cm³/mol. The summed E-state index contributed by atoms with van der Waals surface area (Å²) in [5.41, 5.74) is 3.51. The van der Waals surface area contributed by atoms with Crippen molar-refractivity contribution in [3.8, 4) is 0 Å². The fraction of sp³-hybridized carbons (Fsp3) is 0.200. The third kappa shape index (κ3) is 6.92. The Bertz CT molecular complexity index is 931. The third-order valence-electron chi connectivity index (χ3n) is 4.56.